The van der Waals surface area contributed by atoms with Crippen LogP contribution in [0, 0.1) is 18.8 Å². The van der Waals surface area contributed by atoms with E-state index in [4.69, 9.17) is 4.74 Å². The first kappa shape index (κ1) is 22.8. The van der Waals surface area contributed by atoms with E-state index >= 15 is 0 Å². The van der Waals surface area contributed by atoms with Crippen LogP contribution in [-0.4, -0.2) is 30.5 Å². The highest BCUT2D eigenvalue weighted by Crippen LogP contribution is 2.30. The van der Waals surface area contributed by atoms with Crippen molar-refractivity contribution in [2.75, 3.05) is 10.6 Å². The number of amides is 1. The SMILES string of the molecule is CCCC#CC(=O)Nc1ccc2ncnc(Nc3ccc(Oc4ccn5ncnc5c4)c(C)c3)c2c1. The van der Waals surface area contributed by atoms with Gasteiger partial charge in [-0.15, -0.1) is 0 Å². The lowest BCUT2D eigenvalue weighted by atomic mass is 10.1. The Bertz CT molecular complexity index is 1630. The molecule has 3 aromatic heterocycles. The van der Waals surface area contributed by atoms with Gasteiger partial charge in [-0.2, -0.15) is 5.10 Å². The maximum absolute atomic E-state index is 12.1. The Labute approximate surface area is 207 Å². The molecule has 0 unspecified atom stereocenters. The molecule has 3 heterocycles. The van der Waals surface area contributed by atoms with Crippen molar-refractivity contribution in [2.45, 2.75) is 26.7 Å². The van der Waals surface area contributed by atoms with Crippen molar-refractivity contribution in [3.63, 3.8) is 0 Å². The van der Waals surface area contributed by atoms with Gasteiger partial charge in [0, 0.05) is 35.4 Å². The Balaban J connectivity index is 1.35. The van der Waals surface area contributed by atoms with Crippen molar-refractivity contribution in [1.82, 2.24) is 24.6 Å². The van der Waals surface area contributed by atoms with E-state index in [-0.39, 0.29) is 5.91 Å². The lowest BCUT2D eigenvalue weighted by Crippen LogP contribution is -2.08. The first-order valence-corrected chi connectivity index (χ1v) is 11.5. The third-order valence-corrected chi connectivity index (χ3v) is 5.39. The molecule has 0 fully saturated rings. The van der Waals surface area contributed by atoms with Gasteiger partial charge in [-0.05, 0) is 67.3 Å². The Hall–Kier alpha value is -4.97. The van der Waals surface area contributed by atoms with Crippen molar-refractivity contribution < 1.29 is 9.53 Å². The lowest BCUT2D eigenvalue weighted by molar-refractivity contribution is -0.111. The smallest absolute Gasteiger partial charge is 0.300 e. The summed E-state index contributed by atoms with van der Waals surface area (Å²) in [4.78, 5) is 25.0. The second-order valence-corrected chi connectivity index (χ2v) is 8.09. The molecular formula is C27H23N7O2. The molecule has 0 bridgehead atoms. The molecule has 2 N–H and O–H groups in total. The average molecular weight is 478 g/mol. The molecule has 0 aliphatic heterocycles. The van der Waals surface area contributed by atoms with E-state index in [2.05, 4.69) is 42.5 Å². The number of hydrogen-bond donors (Lipinski definition) is 2. The van der Waals surface area contributed by atoms with Gasteiger partial charge in [-0.25, -0.2) is 19.5 Å². The predicted molar refractivity (Wildman–Crippen MR) is 138 cm³/mol. The molecule has 2 aromatic carbocycles. The molecule has 5 rings (SSSR count). The number of ether oxygens (including phenoxy) is 1. The first-order chi connectivity index (χ1) is 17.6. The fraction of sp³-hybridized carbons (Fsp3) is 0.148. The van der Waals surface area contributed by atoms with Gasteiger partial charge >= 0.3 is 0 Å². The number of benzene rings is 2. The van der Waals surface area contributed by atoms with Crippen LogP contribution in [0.3, 0.4) is 0 Å². The van der Waals surface area contributed by atoms with Gasteiger partial charge in [-0.3, -0.25) is 4.79 Å². The van der Waals surface area contributed by atoms with Gasteiger partial charge in [0.25, 0.3) is 5.91 Å². The average Bonchev–Trinajstić information content (AvgIpc) is 3.34. The van der Waals surface area contributed by atoms with Gasteiger partial charge in [0.1, 0.15) is 30.0 Å². The van der Waals surface area contributed by atoms with E-state index in [9.17, 15) is 4.79 Å². The largest absolute Gasteiger partial charge is 0.457 e. The van der Waals surface area contributed by atoms with Crippen molar-refractivity contribution >= 4 is 39.6 Å². The Morgan fingerprint density at radius 3 is 2.78 bits per heavy atom. The van der Waals surface area contributed by atoms with Crippen LogP contribution in [0.4, 0.5) is 17.2 Å². The second kappa shape index (κ2) is 10.1. The van der Waals surface area contributed by atoms with Gasteiger partial charge in [0.2, 0.25) is 0 Å². The number of anilines is 3. The molecular weight excluding hydrogens is 454 g/mol. The van der Waals surface area contributed by atoms with Crippen LogP contribution in [-0.2, 0) is 4.79 Å². The molecule has 5 aromatic rings. The minimum absolute atomic E-state index is 0.344. The van der Waals surface area contributed by atoms with Gasteiger partial charge in [0.15, 0.2) is 5.65 Å². The van der Waals surface area contributed by atoms with E-state index in [0.717, 1.165) is 34.3 Å². The van der Waals surface area contributed by atoms with Crippen molar-refractivity contribution in [3.8, 4) is 23.3 Å². The third-order valence-electron chi connectivity index (χ3n) is 5.39. The molecule has 178 valence electrons. The molecule has 0 saturated carbocycles. The summed E-state index contributed by atoms with van der Waals surface area (Å²) in [5.74, 6) is 7.14. The minimum Gasteiger partial charge on any atom is -0.457 e. The first-order valence-electron chi connectivity index (χ1n) is 11.5. The summed E-state index contributed by atoms with van der Waals surface area (Å²) in [6.07, 6.45) is 6.41. The Morgan fingerprint density at radius 2 is 1.92 bits per heavy atom. The van der Waals surface area contributed by atoms with Gasteiger partial charge in [-0.1, -0.05) is 12.8 Å². The van der Waals surface area contributed by atoms with Crippen LogP contribution in [0.25, 0.3) is 16.6 Å². The zero-order chi connectivity index (χ0) is 24.9. The number of rotatable bonds is 6. The quantitative estimate of drug-likeness (QED) is 0.321. The normalized spacial score (nSPS) is 10.6. The molecule has 9 nitrogen and oxygen atoms in total. The molecule has 0 spiro atoms. The number of pyridine rings is 1. The van der Waals surface area contributed by atoms with Crippen molar-refractivity contribution in [3.05, 3.63) is 72.9 Å². The molecule has 0 aliphatic rings. The van der Waals surface area contributed by atoms with Crippen LogP contribution in [0.5, 0.6) is 11.5 Å². The monoisotopic (exact) mass is 477 g/mol. The van der Waals surface area contributed by atoms with Gasteiger partial charge in [0.05, 0.1) is 5.52 Å². The molecule has 36 heavy (non-hydrogen) atoms. The fourth-order valence-electron chi connectivity index (χ4n) is 3.63. The molecule has 9 heteroatoms. The lowest BCUT2D eigenvalue weighted by Gasteiger charge is -2.13. The summed E-state index contributed by atoms with van der Waals surface area (Å²) in [7, 11) is 0. The Morgan fingerprint density at radius 1 is 1.03 bits per heavy atom. The molecule has 1 amide bonds. The minimum atomic E-state index is -0.344. The van der Waals surface area contributed by atoms with Crippen LogP contribution in [0.1, 0.15) is 25.3 Å². The number of carbonyl (C=O) groups excluding carboxylic acids is 1. The van der Waals surface area contributed by atoms with Crippen LogP contribution < -0.4 is 15.4 Å². The number of hydrogen-bond acceptors (Lipinski definition) is 7. The number of fused-ring (bicyclic) bond motifs is 2. The maximum atomic E-state index is 12.1. The Kier molecular flexibility index (Phi) is 6.40. The number of aromatic nitrogens is 5. The van der Waals surface area contributed by atoms with E-state index in [0.29, 0.717) is 29.3 Å². The van der Waals surface area contributed by atoms with Gasteiger partial charge < -0.3 is 15.4 Å². The second-order valence-electron chi connectivity index (χ2n) is 8.09. The van der Waals surface area contributed by atoms with Crippen LogP contribution >= 0.6 is 0 Å². The number of nitrogens with zero attached hydrogens (tertiary/aromatic N) is 5. The standard InChI is InChI=1S/C27H23N7O2/c1-3-4-5-6-26(35)32-20-7-9-23-22(14-20)27(30-16-28-23)33-19-8-10-24(18(2)13-19)36-21-11-12-34-25(15-21)29-17-31-34/h7-17H,3-4H2,1-2H3,(H,32,35)(H,28,30,33). The van der Waals surface area contributed by atoms with E-state index in [1.165, 1.54) is 12.7 Å². The van der Waals surface area contributed by atoms with Crippen molar-refractivity contribution in [2.24, 2.45) is 0 Å². The topological polar surface area (TPSA) is 106 Å². The summed E-state index contributed by atoms with van der Waals surface area (Å²) >= 11 is 0. The number of unbranched alkanes of at least 4 members (excludes halogenated alkanes) is 1. The molecule has 0 saturated heterocycles. The number of aryl methyl sites for hydroxylation is 1. The van der Waals surface area contributed by atoms with Crippen molar-refractivity contribution in [1.29, 1.82) is 0 Å². The highest BCUT2D eigenvalue weighted by molar-refractivity contribution is 6.05. The number of nitrogens with one attached hydrogen (secondary N) is 2. The summed E-state index contributed by atoms with van der Waals surface area (Å²) < 4.78 is 7.74. The zero-order valence-corrected chi connectivity index (χ0v) is 19.8. The van der Waals surface area contributed by atoms with E-state index < -0.39 is 0 Å². The molecule has 0 atom stereocenters. The van der Waals surface area contributed by atoms with Crippen LogP contribution in [0.15, 0.2) is 67.4 Å². The third kappa shape index (κ3) is 5.08. The van der Waals surface area contributed by atoms with Crippen LogP contribution in [0.2, 0.25) is 0 Å². The summed E-state index contributed by atoms with van der Waals surface area (Å²) in [6, 6.07) is 14.9. The number of carbonyl (C=O) groups is 1. The highest BCUT2D eigenvalue weighted by Gasteiger charge is 2.09. The molecule has 0 aliphatic carbocycles. The zero-order valence-electron chi connectivity index (χ0n) is 19.8. The van der Waals surface area contributed by atoms with E-state index in [1.54, 1.807) is 16.8 Å². The molecule has 0 radical (unpaired) electrons. The van der Waals surface area contributed by atoms with E-state index in [1.807, 2.05) is 56.3 Å². The summed E-state index contributed by atoms with van der Waals surface area (Å²) in [6.45, 7) is 3.99. The highest BCUT2D eigenvalue weighted by atomic mass is 16.5. The fourth-order valence-corrected chi connectivity index (χ4v) is 3.63. The predicted octanol–water partition coefficient (Wildman–Crippen LogP) is 5.26. The summed E-state index contributed by atoms with van der Waals surface area (Å²) in [5, 5.41) is 11.0. The maximum Gasteiger partial charge on any atom is 0.300 e. The summed E-state index contributed by atoms with van der Waals surface area (Å²) in [5.41, 5.74) is 3.87.